The second kappa shape index (κ2) is 17.9. The number of rotatable bonds is 12. The number of nitrogens with zero attached hydrogens (tertiary/aromatic N) is 6. The summed E-state index contributed by atoms with van der Waals surface area (Å²) in [6, 6.07) is 9.28. The number of aromatic nitrogens is 3. The summed E-state index contributed by atoms with van der Waals surface area (Å²) in [6.07, 6.45) is 5.53. The van der Waals surface area contributed by atoms with Gasteiger partial charge in [0.05, 0.1) is 30.5 Å². The van der Waals surface area contributed by atoms with Gasteiger partial charge in [-0.1, -0.05) is 17.7 Å². The Kier molecular flexibility index (Phi) is 12.3. The van der Waals surface area contributed by atoms with Gasteiger partial charge in [-0.2, -0.15) is 4.98 Å². The van der Waals surface area contributed by atoms with Crippen molar-refractivity contribution in [2.24, 2.45) is 0 Å². The summed E-state index contributed by atoms with van der Waals surface area (Å²) in [5.74, 6) is -1.51. The molecule has 1 unspecified atom stereocenters. The Balaban J connectivity index is 0.755. The van der Waals surface area contributed by atoms with Gasteiger partial charge in [0.25, 0.3) is 17.4 Å². The summed E-state index contributed by atoms with van der Waals surface area (Å²) in [5.41, 5.74) is -0.619. The Morgan fingerprint density at radius 3 is 2.48 bits per heavy atom. The van der Waals surface area contributed by atoms with Crippen molar-refractivity contribution in [3.63, 3.8) is 0 Å². The maximum absolute atomic E-state index is 16.5. The van der Waals surface area contributed by atoms with E-state index in [1.165, 1.54) is 24.1 Å². The summed E-state index contributed by atoms with van der Waals surface area (Å²) in [7, 11) is 1.50. The molecular formula is C46H52ClF2N9O7. The van der Waals surface area contributed by atoms with Crippen molar-refractivity contribution >= 4 is 63.6 Å². The van der Waals surface area contributed by atoms with Gasteiger partial charge >= 0.3 is 0 Å². The summed E-state index contributed by atoms with van der Waals surface area (Å²) < 4.78 is 46.3. The van der Waals surface area contributed by atoms with Crippen LogP contribution in [0.3, 0.4) is 0 Å². The number of imide groups is 1. The van der Waals surface area contributed by atoms with Crippen LogP contribution in [0.15, 0.2) is 47.4 Å². The van der Waals surface area contributed by atoms with E-state index in [1.54, 1.807) is 16.8 Å². The van der Waals surface area contributed by atoms with Crippen molar-refractivity contribution in [2.45, 2.75) is 108 Å². The van der Waals surface area contributed by atoms with Crippen LogP contribution in [0.2, 0.25) is 5.02 Å². The molecule has 0 radical (unpaired) electrons. The van der Waals surface area contributed by atoms with Crippen LogP contribution >= 0.6 is 11.6 Å². The van der Waals surface area contributed by atoms with Crippen LogP contribution < -0.4 is 31.1 Å². The number of nitrogens with one attached hydrogen (secondary N) is 3. The molecule has 0 bridgehead atoms. The second-order valence-corrected chi connectivity index (χ2v) is 18.3. The van der Waals surface area contributed by atoms with E-state index in [0.29, 0.717) is 54.2 Å². The fourth-order valence-electron chi connectivity index (χ4n) is 9.84. The van der Waals surface area contributed by atoms with Crippen molar-refractivity contribution in [1.29, 1.82) is 0 Å². The van der Waals surface area contributed by atoms with Gasteiger partial charge in [-0.15, -0.1) is 0 Å². The first-order valence-corrected chi connectivity index (χ1v) is 22.7. The van der Waals surface area contributed by atoms with E-state index in [1.807, 2.05) is 32.0 Å². The van der Waals surface area contributed by atoms with Crippen molar-refractivity contribution in [3.8, 4) is 5.75 Å². The number of carbonyl (C=O) groups is 4. The molecule has 4 amide bonds. The van der Waals surface area contributed by atoms with Gasteiger partial charge in [-0.3, -0.25) is 34.2 Å². The normalized spacial score (nSPS) is 22.5. The fraction of sp³-hybridized carbons (Fsp3) is 0.500. The van der Waals surface area contributed by atoms with E-state index >= 15 is 8.78 Å². The third-order valence-corrected chi connectivity index (χ3v) is 13.8. The van der Waals surface area contributed by atoms with Gasteiger partial charge in [0, 0.05) is 79.5 Å². The average molecular weight is 916 g/mol. The van der Waals surface area contributed by atoms with E-state index in [4.69, 9.17) is 26.1 Å². The van der Waals surface area contributed by atoms with E-state index in [-0.39, 0.29) is 97.0 Å². The largest absolute Gasteiger partial charge is 0.478 e. The number of pyridine rings is 1. The third kappa shape index (κ3) is 8.75. The minimum absolute atomic E-state index is 0.0431. The molecule has 1 atom stereocenters. The summed E-state index contributed by atoms with van der Waals surface area (Å²) in [6.45, 7) is 5.72. The Morgan fingerprint density at radius 2 is 1.77 bits per heavy atom. The first-order chi connectivity index (χ1) is 31.2. The van der Waals surface area contributed by atoms with E-state index < -0.39 is 35.2 Å². The Morgan fingerprint density at radius 1 is 1.02 bits per heavy atom. The van der Waals surface area contributed by atoms with Crippen LogP contribution in [-0.2, 0) is 31.3 Å². The number of piperidine rings is 3. The molecule has 4 fully saturated rings. The zero-order chi connectivity index (χ0) is 45.7. The summed E-state index contributed by atoms with van der Waals surface area (Å²) in [5, 5.41) is 9.11. The van der Waals surface area contributed by atoms with Crippen molar-refractivity contribution in [3.05, 3.63) is 80.5 Å². The van der Waals surface area contributed by atoms with Gasteiger partial charge in [-0.05, 0) is 89.1 Å². The number of likely N-dealkylation sites (N-methyl/N-ethyl adjacent to an activating group) is 1. The van der Waals surface area contributed by atoms with E-state index in [2.05, 4.69) is 30.7 Å². The molecule has 3 N–H and O–H groups in total. The van der Waals surface area contributed by atoms with Crippen LogP contribution in [0.4, 0.5) is 26.2 Å². The smallest absolute Gasteiger partial charge is 0.293 e. The van der Waals surface area contributed by atoms with Gasteiger partial charge in [-0.25, -0.2) is 13.8 Å². The van der Waals surface area contributed by atoms with Crippen molar-refractivity contribution in [2.75, 3.05) is 50.1 Å². The molecule has 3 saturated heterocycles. The minimum atomic E-state index is -1.88. The molecule has 1 saturated carbocycles. The molecule has 2 aromatic carbocycles. The lowest BCUT2D eigenvalue weighted by molar-refractivity contribution is -0.137. The Bertz CT molecular complexity index is 2610. The highest BCUT2D eigenvalue weighted by molar-refractivity contribution is 6.33. The Hall–Kier alpha value is -5.72. The number of anilines is 3. The van der Waals surface area contributed by atoms with Gasteiger partial charge < -0.3 is 34.5 Å². The minimum Gasteiger partial charge on any atom is -0.478 e. The molecule has 1 aliphatic carbocycles. The lowest BCUT2D eigenvalue weighted by atomic mass is 9.81. The Labute approximate surface area is 379 Å². The molecule has 0 spiro atoms. The number of fused-ring (bicyclic) bond motifs is 2. The SMILES string of the molecule is CNC(=O)COc1cc2cc(Nc3nc(N4CCC(OC5CC(N6CCC(F)(c7ccc8c(c7F)CN(C7CCC(=O)NC7=O)C8=O)CC6)C5)CC4)ncc3Cl)ccc2n(C(C)C)c1=O. The number of alkyl halides is 1. The highest BCUT2D eigenvalue weighted by atomic mass is 35.5. The van der Waals surface area contributed by atoms with Crippen LogP contribution in [0.1, 0.15) is 92.7 Å². The zero-order valence-corrected chi connectivity index (χ0v) is 37.3. The number of likely N-dealkylation sites (tertiary alicyclic amines) is 1. The predicted octanol–water partition coefficient (Wildman–Crippen LogP) is 5.27. The molecule has 19 heteroatoms. The lowest BCUT2D eigenvalue weighted by Crippen LogP contribution is -2.53. The predicted molar refractivity (Wildman–Crippen MR) is 238 cm³/mol. The first-order valence-electron chi connectivity index (χ1n) is 22.3. The first kappa shape index (κ1) is 44.5. The van der Waals surface area contributed by atoms with Gasteiger partial charge in [0.1, 0.15) is 22.6 Å². The third-order valence-electron chi connectivity index (χ3n) is 13.6. The van der Waals surface area contributed by atoms with Crippen LogP contribution in [0.25, 0.3) is 10.9 Å². The molecule has 2 aromatic heterocycles. The second-order valence-electron chi connectivity index (χ2n) is 17.9. The summed E-state index contributed by atoms with van der Waals surface area (Å²) in [4.78, 5) is 77.3. The maximum atomic E-state index is 16.5. The molecule has 4 aliphatic heterocycles. The monoisotopic (exact) mass is 915 g/mol. The molecular weight excluding hydrogens is 864 g/mol. The molecule has 6 heterocycles. The van der Waals surface area contributed by atoms with E-state index in [9.17, 15) is 24.0 Å². The number of halogens is 3. The number of amides is 4. The number of hydrogen-bond acceptors (Lipinski definition) is 12. The van der Waals surface area contributed by atoms with Crippen molar-refractivity contribution in [1.82, 2.24) is 35.0 Å². The van der Waals surface area contributed by atoms with Crippen LogP contribution in [0.5, 0.6) is 5.75 Å². The summed E-state index contributed by atoms with van der Waals surface area (Å²) >= 11 is 6.58. The molecule has 344 valence electrons. The molecule has 4 aromatic rings. The van der Waals surface area contributed by atoms with E-state index in [0.717, 1.165) is 31.1 Å². The molecule has 65 heavy (non-hydrogen) atoms. The zero-order valence-electron chi connectivity index (χ0n) is 36.5. The number of benzene rings is 2. The lowest BCUT2D eigenvalue weighted by Gasteiger charge is -2.48. The molecule has 9 rings (SSSR count). The van der Waals surface area contributed by atoms with Gasteiger partial charge in [0.2, 0.25) is 17.8 Å². The number of carbonyl (C=O) groups excluding carboxylic acids is 4. The average Bonchev–Trinajstić information content (AvgIpc) is 3.61. The molecule has 16 nitrogen and oxygen atoms in total. The number of ether oxygens (including phenoxy) is 2. The standard InChI is InChI=1S/C46H52ClF2N9O7/c1-25(2)58-35-7-4-27(18-26(35)19-37(44(58)63)64-24-39(60)50-3)52-41-34(47)22-51-45(54-41)56-14-10-29(11-15-56)65-30-20-28(21-30)55-16-12-46(49,13-17-55)33-6-5-31-32(40(33)48)23-57(43(31)62)36-8-9-38(59)53-42(36)61/h4-7,18-19,22,25,28-30,36H,8-17,20-21,23-24H2,1-3H3,(H,50,60)(H,51,52,54)(H,53,59,61). The van der Waals surface area contributed by atoms with Gasteiger partial charge in [0.15, 0.2) is 18.2 Å². The highest BCUT2D eigenvalue weighted by Gasteiger charge is 2.46. The van der Waals surface area contributed by atoms with Crippen LogP contribution in [-0.4, -0.2) is 112 Å². The topological polar surface area (TPSA) is 180 Å². The quantitative estimate of drug-likeness (QED) is 0.157. The maximum Gasteiger partial charge on any atom is 0.293 e. The fourth-order valence-corrected chi connectivity index (χ4v) is 9.98. The highest BCUT2D eigenvalue weighted by Crippen LogP contribution is 2.44. The number of hydrogen-bond donors (Lipinski definition) is 3. The molecule has 5 aliphatic rings. The van der Waals surface area contributed by atoms with Crippen molar-refractivity contribution < 1.29 is 37.4 Å². The van der Waals surface area contributed by atoms with Crippen LogP contribution in [0, 0.1) is 5.82 Å².